The second-order valence-corrected chi connectivity index (χ2v) is 6.18. The van der Waals surface area contributed by atoms with Crippen LogP contribution in [0.1, 0.15) is 18.1 Å². The Labute approximate surface area is 146 Å². The summed E-state index contributed by atoms with van der Waals surface area (Å²) < 4.78 is 14.3. The highest BCUT2D eigenvalue weighted by Crippen LogP contribution is 2.14. The van der Waals surface area contributed by atoms with Crippen LogP contribution in [0, 0.1) is 17.7 Å². The predicted molar refractivity (Wildman–Crippen MR) is 91.1 cm³/mol. The first-order valence-electron chi connectivity index (χ1n) is 8.41. The summed E-state index contributed by atoms with van der Waals surface area (Å²) in [6.45, 7) is 7.67. The van der Waals surface area contributed by atoms with Crippen molar-refractivity contribution in [3.63, 3.8) is 0 Å². The molecule has 6 nitrogen and oxygen atoms in total. The van der Waals surface area contributed by atoms with Gasteiger partial charge in [0.05, 0.1) is 0 Å². The zero-order chi connectivity index (χ0) is 17.8. The fourth-order valence-corrected chi connectivity index (χ4v) is 2.93. The van der Waals surface area contributed by atoms with Crippen molar-refractivity contribution in [2.24, 2.45) is 0 Å². The van der Waals surface area contributed by atoms with Crippen LogP contribution < -0.4 is 10.6 Å². The van der Waals surface area contributed by atoms with Crippen LogP contribution in [0.25, 0.3) is 0 Å². The van der Waals surface area contributed by atoms with Crippen molar-refractivity contribution in [1.29, 1.82) is 0 Å². The Morgan fingerprint density at radius 1 is 1.20 bits per heavy atom. The summed E-state index contributed by atoms with van der Waals surface area (Å²) in [4.78, 5) is 27.1. The van der Waals surface area contributed by atoms with Gasteiger partial charge in [0.1, 0.15) is 5.82 Å². The Balaban J connectivity index is 1.62. The molecule has 0 aliphatic carbocycles. The van der Waals surface area contributed by atoms with Crippen LogP contribution in [0.15, 0.2) is 18.2 Å². The lowest BCUT2D eigenvalue weighted by atomic mass is 10.1. The van der Waals surface area contributed by atoms with Crippen LogP contribution in [0.5, 0.6) is 0 Å². The summed E-state index contributed by atoms with van der Waals surface area (Å²) in [5, 5.41) is 4.49. The first-order chi connectivity index (χ1) is 12.0. The number of carbonyl (C=O) groups is 2. The van der Waals surface area contributed by atoms with Gasteiger partial charge in [-0.3, -0.25) is 15.0 Å². The van der Waals surface area contributed by atoms with E-state index in [2.05, 4.69) is 39.2 Å². The van der Waals surface area contributed by atoms with E-state index in [0.717, 1.165) is 32.7 Å². The molecule has 7 heteroatoms. The fourth-order valence-electron chi connectivity index (χ4n) is 2.93. The van der Waals surface area contributed by atoms with Crippen molar-refractivity contribution < 1.29 is 14.0 Å². The summed E-state index contributed by atoms with van der Waals surface area (Å²) >= 11 is 0. The number of likely N-dealkylation sites (N-methyl/N-ethyl adjacent to an activating group) is 1. The van der Waals surface area contributed by atoms with Crippen LogP contribution in [0.2, 0.25) is 0 Å². The highest BCUT2D eigenvalue weighted by molar-refractivity contribution is 6.05. The van der Waals surface area contributed by atoms with E-state index in [1.807, 2.05) is 0 Å². The van der Waals surface area contributed by atoms with Crippen LogP contribution in [0.3, 0.4) is 0 Å². The van der Waals surface area contributed by atoms with E-state index >= 15 is 0 Å². The molecule has 2 fully saturated rings. The SMILES string of the molecule is CCN1CCN(Cc2ccc(C#CC3NC(=O)NC3=O)cc2F)CC1. The van der Waals surface area contributed by atoms with Crippen LogP contribution in [-0.2, 0) is 11.3 Å². The molecule has 2 N–H and O–H groups in total. The number of amides is 3. The molecule has 2 heterocycles. The first-order valence-corrected chi connectivity index (χ1v) is 8.41. The average molecular weight is 344 g/mol. The van der Waals surface area contributed by atoms with E-state index in [0.29, 0.717) is 17.7 Å². The number of piperazine rings is 1. The predicted octanol–water partition coefficient (Wildman–Crippen LogP) is 0.523. The van der Waals surface area contributed by atoms with E-state index in [9.17, 15) is 14.0 Å². The number of nitrogens with zero attached hydrogens (tertiary/aromatic N) is 2. The number of carbonyl (C=O) groups excluding carboxylic acids is 2. The Bertz CT molecular complexity index is 732. The summed E-state index contributed by atoms with van der Waals surface area (Å²) in [5.41, 5.74) is 1.12. The molecule has 1 aromatic carbocycles. The van der Waals surface area contributed by atoms with Gasteiger partial charge in [-0.2, -0.15) is 0 Å². The Morgan fingerprint density at radius 3 is 2.52 bits per heavy atom. The molecule has 1 atom stereocenters. The molecule has 0 radical (unpaired) electrons. The molecule has 3 rings (SSSR count). The quantitative estimate of drug-likeness (QED) is 0.620. The van der Waals surface area contributed by atoms with E-state index in [1.165, 1.54) is 6.07 Å². The van der Waals surface area contributed by atoms with Gasteiger partial charge >= 0.3 is 6.03 Å². The smallest absolute Gasteiger partial charge is 0.316 e. The second kappa shape index (κ2) is 7.64. The molecule has 0 aromatic heterocycles. The third-order valence-electron chi connectivity index (χ3n) is 4.49. The summed E-state index contributed by atoms with van der Waals surface area (Å²) in [7, 11) is 0. The maximum absolute atomic E-state index is 14.3. The lowest BCUT2D eigenvalue weighted by Gasteiger charge is -2.34. The Hall–Kier alpha value is -2.43. The van der Waals surface area contributed by atoms with Gasteiger partial charge in [0.2, 0.25) is 0 Å². The zero-order valence-corrected chi connectivity index (χ0v) is 14.1. The minimum Gasteiger partial charge on any atom is -0.316 e. The largest absolute Gasteiger partial charge is 0.322 e. The van der Waals surface area contributed by atoms with Gasteiger partial charge in [0, 0.05) is 43.9 Å². The molecular formula is C18H21FN4O2. The summed E-state index contributed by atoms with van der Waals surface area (Å²) in [5.74, 6) is 4.59. The number of benzene rings is 1. The molecular weight excluding hydrogens is 323 g/mol. The maximum Gasteiger partial charge on any atom is 0.322 e. The lowest BCUT2D eigenvalue weighted by molar-refractivity contribution is -0.119. The monoisotopic (exact) mass is 344 g/mol. The number of hydrogen-bond acceptors (Lipinski definition) is 4. The summed E-state index contributed by atoms with van der Waals surface area (Å²) in [6, 6.07) is 3.40. The minimum absolute atomic E-state index is 0.301. The lowest BCUT2D eigenvalue weighted by Crippen LogP contribution is -2.45. The van der Waals surface area contributed by atoms with Crippen molar-refractivity contribution in [1.82, 2.24) is 20.4 Å². The Morgan fingerprint density at radius 2 is 1.92 bits per heavy atom. The number of halogens is 1. The normalized spacial score (nSPS) is 21.4. The Kier molecular flexibility index (Phi) is 5.31. The van der Waals surface area contributed by atoms with E-state index < -0.39 is 18.0 Å². The highest BCUT2D eigenvalue weighted by Gasteiger charge is 2.27. The van der Waals surface area contributed by atoms with Crippen LogP contribution in [0.4, 0.5) is 9.18 Å². The van der Waals surface area contributed by atoms with Crippen LogP contribution >= 0.6 is 0 Å². The molecule has 2 aliphatic heterocycles. The molecule has 0 bridgehead atoms. The number of imide groups is 1. The topological polar surface area (TPSA) is 64.7 Å². The molecule has 2 aliphatic rings. The van der Waals surface area contributed by atoms with Gasteiger partial charge < -0.3 is 10.2 Å². The minimum atomic E-state index is -0.884. The van der Waals surface area contributed by atoms with Crippen molar-refractivity contribution in [2.75, 3.05) is 32.7 Å². The maximum atomic E-state index is 14.3. The van der Waals surface area contributed by atoms with Gasteiger partial charge in [-0.1, -0.05) is 24.8 Å². The zero-order valence-electron chi connectivity index (χ0n) is 14.1. The van der Waals surface area contributed by atoms with Gasteiger partial charge in [0.15, 0.2) is 6.04 Å². The number of rotatable bonds is 3. The second-order valence-electron chi connectivity index (χ2n) is 6.18. The number of nitrogens with one attached hydrogen (secondary N) is 2. The van der Waals surface area contributed by atoms with Gasteiger partial charge in [-0.25, -0.2) is 9.18 Å². The van der Waals surface area contributed by atoms with Crippen molar-refractivity contribution in [2.45, 2.75) is 19.5 Å². The summed E-state index contributed by atoms with van der Waals surface area (Å²) in [6.07, 6.45) is 0. The molecule has 1 aromatic rings. The molecule has 132 valence electrons. The molecule has 0 saturated carbocycles. The fraction of sp³-hybridized carbons (Fsp3) is 0.444. The number of hydrogen-bond donors (Lipinski definition) is 2. The van der Waals surface area contributed by atoms with Crippen molar-refractivity contribution in [3.8, 4) is 11.8 Å². The number of urea groups is 1. The van der Waals surface area contributed by atoms with Gasteiger partial charge in [-0.05, 0) is 18.7 Å². The first kappa shape index (κ1) is 17.4. The molecule has 0 spiro atoms. The third kappa shape index (κ3) is 4.35. The molecule has 1 unspecified atom stereocenters. The third-order valence-corrected chi connectivity index (χ3v) is 4.49. The molecule has 25 heavy (non-hydrogen) atoms. The van der Waals surface area contributed by atoms with Gasteiger partial charge in [0.25, 0.3) is 5.91 Å². The average Bonchev–Trinajstić information content (AvgIpc) is 2.93. The highest BCUT2D eigenvalue weighted by atomic mass is 19.1. The van der Waals surface area contributed by atoms with E-state index in [-0.39, 0.29) is 5.82 Å². The van der Waals surface area contributed by atoms with Crippen molar-refractivity contribution >= 4 is 11.9 Å². The standard InChI is InChI=1S/C18H21FN4O2/c1-2-22-7-9-23(10-8-22)12-14-5-3-13(11-15(14)19)4-6-16-17(24)21-18(25)20-16/h3,5,11,16H,2,7-10,12H2,1H3,(H2,20,21,24,25). The van der Waals surface area contributed by atoms with E-state index in [1.54, 1.807) is 12.1 Å². The van der Waals surface area contributed by atoms with Crippen molar-refractivity contribution in [3.05, 3.63) is 35.1 Å². The van der Waals surface area contributed by atoms with Crippen LogP contribution in [-0.4, -0.2) is 60.5 Å². The van der Waals surface area contributed by atoms with E-state index in [4.69, 9.17) is 0 Å². The molecule has 2 saturated heterocycles. The van der Waals surface area contributed by atoms with Gasteiger partial charge in [-0.15, -0.1) is 0 Å². The molecule has 3 amide bonds.